The number of esters is 1. The minimum atomic E-state index is -0.536. The number of hydrogen-bond donors (Lipinski definition) is 0. The lowest BCUT2D eigenvalue weighted by atomic mass is 10.2. The van der Waals surface area contributed by atoms with Crippen molar-refractivity contribution in [2.75, 3.05) is 7.11 Å². The highest BCUT2D eigenvalue weighted by Gasteiger charge is 2.11. The maximum Gasteiger partial charge on any atom is 0.356 e. The highest BCUT2D eigenvalue weighted by molar-refractivity contribution is 14.1. The molecule has 5 heteroatoms. The van der Waals surface area contributed by atoms with E-state index < -0.39 is 5.97 Å². The van der Waals surface area contributed by atoms with Crippen LogP contribution in [0.1, 0.15) is 27.9 Å². The smallest absolute Gasteiger partial charge is 0.356 e. The van der Waals surface area contributed by atoms with E-state index in [9.17, 15) is 9.59 Å². The summed E-state index contributed by atoms with van der Waals surface area (Å²) in [6, 6.07) is 3.19. The van der Waals surface area contributed by atoms with Crippen LogP contribution in [0.15, 0.2) is 12.1 Å². The van der Waals surface area contributed by atoms with Gasteiger partial charge in [0.05, 0.1) is 7.11 Å². The molecule has 0 spiro atoms. The molecule has 0 fully saturated rings. The Kier molecular flexibility index (Phi) is 3.56. The van der Waals surface area contributed by atoms with Crippen LogP contribution in [0, 0.1) is 3.57 Å². The third-order valence-corrected chi connectivity index (χ3v) is 2.17. The van der Waals surface area contributed by atoms with Crippen LogP contribution in [-0.4, -0.2) is 23.8 Å². The van der Waals surface area contributed by atoms with E-state index in [1.807, 2.05) is 22.6 Å². The molecule has 0 radical (unpaired) electrons. The number of halogens is 1. The van der Waals surface area contributed by atoms with Crippen molar-refractivity contribution in [1.29, 1.82) is 0 Å². The van der Waals surface area contributed by atoms with Gasteiger partial charge in [0.2, 0.25) is 0 Å². The molecule has 0 aliphatic heterocycles. The number of ether oxygens (including phenoxy) is 1. The molecule has 1 heterocycles. The van der Waals surface area contributed by atoms with Crippen molar-refractivity contribution in [3.8, 4) is 0 Å². The van der Waals surface area contributed by atoms with Crippen molar-refractivity contribution in [3.63, 3.8) is 0 Å². The Morgan fingerprint density at radius 2 is 1.93 bits per heavy atom. The van der Waals surface area contributed by atoms with Crippen LogP contribution in [0.2, 0.25) is 0 Å². The SMILES string of the molecule is COC(=O)c1cc(I)cc(C(C)=O)n1. The van der Waals surface area contributed by atoms with E-state index in [1.165, 1.54) is 14.0 Å². The summed E-state index contributed by atoms with van der Waals surface area (Å²) >= 11 is 2.01. The van der Waals surface area contributed by atoms with Gasteiger partial charge in [-0.2, -0.15) is 0 Å². The summed E-state index contributed by atoms with van der Waals surface area (Å²) in [7, 11) is 1.28. The first-order chi connectivity index (χ1) is 6.54. The summed E-state index contributed by atoms with van der Waals surface area (Å²) in [5.41, 5.74) is 0.432. The van der Waals surface area contributed by atoms with Crippen molar-refractivity contribution in [3.05, 3.63) is 27.1 Å². The molecule has 4 nitrogen and oxygen atoms in total. The zero-order valence-electron chi connectivity index (χ0n) is 7.70. The maximum absolute atomic E-state index is 11.1. The fourth-order valence-corrected chi connectivity index (χ4v) is 1.48. The number of rotatable bonds is 2. The monoisotopic (exact) mass is 305 g/mol. The summed E-state index contributed by atoms with van der Waals surface area (Å²) in [6.45, 7) is 1.40. The fraction of sp³-hybridized carbons (Fsp3) is 0.222. The summed E-state index contributed by atoms with van der Waals surface area (Å²) in [5.74, 6) is -0.709. The van der Waals surface area contributed by atoms with Crippen molar-refractivity contribution in [1.82, 2.24) is 4.98 Å². The molecular formula is C9H8INO3. The Balaban J connectivity index is 3.20. The quantitative estimate of drug-likeness (QED) is 0.474. The van der Waals surface area contributed by atoms with Gasteiger partial charge in [0.1, 0.15) is 11.4 Å². The van der Waals surface area contributed by atoms with Gasteiger partial charge >= 0.3 is 5.97 Å². The molecule has 0 aliphatic carbocycles. The molecule has 1 rings (SSSR count). The van der Waals surface area contributed by atoms with Gasteiger partial charge in [-0.1, -0.05) is 0 Å². The number of nitrogens with zero attached hydrogens (tertiary/aromatic N) is 1. The Morgan fingerprint density at radius 3 is 2.43 bits per heavy atom. The number of hydrogen-bond acceptors (Lipinski definition) is 4. The van der Waals surface area contributed by atoms with Crippen molar-refractivity contribution < 1.29 is 14.3 Å². The summed E-state index contributed by atoms with van der Waals surface area (Å²) in [4.78, 5) is 26.1. The molecule has 1 aromatic heterocycles. The van der Waals surface area contributed by atoms with Gasteiger partial charge in [-0.25, -0.2) is 9.78 Å². The molecule has 74 valence electrons. The second-order valence-electron chi connectivity index (χ2n) is 2.60. The normalized spacial score (nSPS) is 9.64. The van der Waals surface area contributed by atoms with Crippen molar-refractivity contribution >= 4 is 34.3 Å². The van der Waals surface area contributed by atoms with E-state index in [0.29, 0.717) is 0 Å². The van der Waals surface area contributed by atoms with Crippen LogP contribution in [0.25, 0.3) is 0 Å². The zero-order chi connectivity index (χ0) is 10.7. The number of pyridine rings is 1. The highest BCUT2D eigenvalue weighted by Crippen LogP contribution is 2.10. The summed E-state index contributed by atoms with van der Waals surface area (Å²) < 4.78 is 5.29. The molecular weight excluding hydrogens is 297 g/mol. The average Bonchev–Trinajstić information content (AvgIpc) is 2.15. The van der Waals surface area contributed by atoms with Gasteiger partial charge < -0.3 is 4.74 Å². The lowest BCUT2D eigenvalue weighted by Crippen LogP contribution is -2.08. The molecule has 0 amide bonds. The number of aromatic nitrogens is 1. The number of ketones is 1. The first-order valence-electron chi connectivity index (χ1n) is 3.81. The minimum absolute atomic E-state index is 0.157. The van der Waals surface area contributed by atoms with E-state index in [4.69, 9.17) is 0 Å². The Bertz CT molecular complexity index is 390. The molecule has 0 aliphatic rings. The third kappa shape index (κ3) is 2.50. The van der Waals surface area contributed by atoms with Gasteiger partial charge in [0.25, 0.3) is 0 Å². The first kappa shape index (κ1) is 11.1. The van der Waals surface area contributed by atoms with Crippen LogP contribution < -0.4 is 0 Å². The average molecular weight is 305 g/mol. The first-order valence-corrected chi connectivity index (χ1v) is 4.89. The number of carbonyl (C=O) groups excluding carboxylic acids is 2. The molecule has 0 atom stereocenters. The van der Waals surface area contributed by atoms with Crippen LogP contribution in [-0.2, 0) is 4.74 Å². The molecule has 0 N–H and O–H groups in total. The highest BCUT2D eigenvalue weighted by atomic mass is 127. The predicted octanol–water partition coefficient (Wildman–Crippen LogP) is 1.68. The van der Waals surface area contributed by atoms with Crippen molar-refractivity contribution in [2.24, 2.45) is 0 Å². The standard InChI is InChI=1S/C9H8INO3/c1-5(12)7-3-6(10)4-8(11-7)9(13)14-2/h3-4H,1-2H3. The molecule has 0 saturated heterocycles. The molecule has 1 aromatic rings. The topological polar surface area (TPSA) is 56.3 Å². The number of Topliss-reactive ketones (excluding diaryl/α,β-unsaturated/α-hetero) is 1. The largest absolute Gasteiger partial charge is 0.464 e. The molecule has 0 saturated carbocycles. The van der Waals surface area contributed by atoms with E-state index in [0.717, 1.165) is 3.57 Å². The van der Waals surface area contributed by atoms with E-state index in [-0.39, 0.29) is 17.2 Å². The lowest BCUT2D eigenvalue weighted by molar-refractivity contribution is 0.0594. The Labute approximate surface area is 94.8 Å². The molecule has 0 unspecified atom stereocenters. The van der Waals surface area contributed by atoms with Gasteiger partial charge in [-0.3, -0.25) is 4.79 Å². The molecule has 14 heavy (non-hydrogen) atoms. The van der Waals surface area contributed by atoms with Crippen molar-refractivity contribution in [2.45, 2.75) is 6.92 Å². The second-order valence-corrected chi connectivity index (χ2v) is 3.85. The summed E-state index contributed by atoms with van der Waals surface area (Å²) in [6.07, 6.45) is 0. The maximum atomic E-state index is 11.1. The van der Waals surface area contributed by atoms with E-state index >= 15 is 0 Å². The van der Waals surface area contributed by atoms with Crippen LogP contribution in [0.4, 0.5) is 0 Å². The van der Waals surface area contributed by atoms with Crippen LogP contribution in [0.3, 0.4) is 0 Å². The van der Waals surface area contributed by atoms with E-state index in [1.54, 1.807) is 12.1 Å². The van der Waals surface area contributed by atoms with Gasteiger partial charge in [0.15, 0.2) is 5.78 Å². The van der Waals surface area contributed by atoms with Crippen LogP contribution >= 0.6 is 22.6 Å². The van der Waals surface area contributed by atoms with Gasteiger partial charge in [0, 0.05) is 10.5 Å². The number of carbonyl (C=O) groups is 2. The third-order valence-electron chi connectivity index (χ3n) is 1.55. The minimum Gasteiger partial charge on any atom is -0.464 e. The lowest BCUT2D eigenvalue weighted by Gasteiger charge is -2.01. The Morgan fingerprint density at radius 1 is 1.36 bits per heavy atom. The van der Waals surface area contributed by atoms with Gasteiger partial charge in [-0.05, 0) is 34.7 Å². The van der Waals surface area contributed by atoms with Crippen LogP contribution in [0.5, 0.6) is 0 Å². The fourth-order valence-electron chi connectivity index (χ4n) is 0.887. The predicted molar refractivity (Wildman–Crippen MR) is 58.3 cm³/mol. The molecule has 0 bridgehead atoms. The van der Waals surface area contributed by atoms with E-state index in [2.05, 4.69) is 9.72 Å². The van der Waals surface area contributed by atoms with Gasteiger partial charge in [-0.15, -0.1) is 0 Å². The number of methoxy groups -OCH3 is 1. The Hall–Kier alpha value is -0.980. The second kappa shape index (κ2) is 4.50. The summed E-state index contributed by atoms with van der Waals surface area (Å²) in [5, 5.41) is 0. The zero-order valence-corrected chi connectivity index (χ0v) is 9.86. The molecule has 0 aromatic carbocycles.